The van der Waals surface area contributed by atoms with E-state index in [-0.39, 0.29) is 5.97 Å². The molecule has 0 bridgehead atoms. The maximum absolute atomic E-state index is 12.8. The van der Waals surface area contributed by atoms with Crippen molar-refractivity contribution in [2.75, 3.05) is 17.7 Å². The summed E-state index contributed by atoms with van der Waals surface area (Å²) < 4.78 is 7.15. The van der Waals surface area contributed by atoms with E-state index in [9.17, 15) is 4.79 Å². The lowest BCUT2D eigenvalue weighted by Gasteiger charge is -2.28. The second kappa shape index (κ2) is 8.14. The number of nitrogens with zero attached hydrogens (tertiary/aromatic N) is 3. The van der Waals surface area contributed by atoms with E-state index in [0.717, 1.165) is 17.7 Å². The molecule has 0 spiro atoms. The van der Waals surface area contributed by atoms with Gasteiger partial charge in [0.2, 0.25) is 11.1 Å². The van der Waals surface area contributed by atoms with Crippen LogP contribution in [-0.2, 0) is 9.53 Å². The van der Waals surface area contributed by atoms with Crippen LogP contribution in [0.4, 0.5) is 5.95 Å². The van der Waals surface area contributed by atoms with Crippen molar-refractivity contribution >= 4 is 35.3 Å². The van der Waals surface area contributed by atoms with Gasteiger partial charge in [-0.15, -0.1) is 5.10 Å². The van der Waals surface area contributed by atoms with Gasteiger partial charge in [-0.2, -0.15) is 4.98 Å². The van der Waals surface area contributed by atoms with E-state index < -0.39 is 6.04 Å². The van der Waals surface area contributed by atoms with Crippen LogP contribution in [0.5, 0.6) is 0 Å². The summed E-state index contributed by atoms with van der Waals surface area (Å²) in [5.41, 5.74) is 2.09. The molecule has 1 aromatic carbocycles. The first-order chi connectivity index (χ1) is 12.5. The molecule has 0 saturated heterocycles. The normalized spacial score (nSPS) is 16.2. The van der Waals surface area contributed by atoms with Gasteiger partial charge in [0, 0.05) is 10.7 Å². The number of rotatable bonds is 6. The molecule has 0 amide bonds. The molecule has 0 aliphatic carbocycles. The third-order valence-electron chi connectivity index (χ3n) is 3.93. The first-order valence-electron chi connectivity index (χ1n) is 8.54. The summed E-state index contributed by atoms with van der Waals surface area (Å²) in [7, 11) is 0. The van der Waals surface area contributed by atoms with Gasteiger partial charge in [0.25, 0.3) is 0 Å². The number of aromatic nitrogens is 3. The number of allylic oxidation sites excluding steroid dienone is 1. The van der Waals surface area contributed by atoms with Gasteiger partial charge in [-0.05, 0) is 36.8 Å². The molecule has 138 valence electrons. The highest BCUT2D eigenvalue weighted by Crippen LogP contribution is 2.37. The van der Waals surface area contributed by atoms with Crippen LogP contribution in [0.3, 0.4) is 0 Å². The van der Waals surface area contributed by atoms with E-state index in [2.05, 4.69) is 15.4 Å². The molecular formula is C18H21ClN4O2S. The van der Waals surface area contributed by atoms with Crippen LogP contribution in [-0.4, -0.2) is 33.1 Å². The number of thioether (sulfide) groups is 1. The molecule has 0 fully saturated rings. The fourth-order valence-electron chi connectivity index (χ4n) is 2.84. The number of nitrogens with one attached hydrogen (secondary N) is 1. The zero-order chi connectivity index (χ0) is 18.7. The Kier molecular flexibility index (Phi) is 5.88. The van der Waals surface area contributed by atoms with Crippen LogP contribution in [0.1, 0.15) is 38.8 Å². The lowest BCUT2D eigenvalue weighted by Crippen LogP contribution is -2.29. The van der Waals surface area contributed by atoms with Crippen LogP contribution in [0, 0.1) is 0 Å². The Bertz CT molecular complexity index is 849. The van der Waals surface area contributed by atoms with Crippen molar-refractivity contribution in [3.8, 4) is 0 Å². The van der Waals surface area contributed by atoms with Gasteiger partial charge in [-0.1, -0.05) is 49.3 Å². The molecule has 1 aromatic heterocycles. The minimum atomic E-state index is -0.437. The highest BCUT2D eigenvalue weighted by Gasteiger charge is 2.35. The monoisotopic (exact) mass is 392 g/mol. The number of carbonyl (C=O) groups excluding carboxylic acids is 1. The topological polar surface area (TPSA) is 69.0 Å². The highest BCUT2D eigenvalue weighted by atomic mass is 35.5. The summed E-state index contributed by atoms with van der Waals surface area (Å²) in [6.07, 6.45) is 0.763. The van der Waals surface area contributed by atoms with Crippen molar-refractivity contribution in [2.24, 2.45) is 0 Å². The van der Waals surface area contributed by atoms with E-state index in [1.54, 1.807) is 22.5 Å². The summed E-state index contributed by atoms with van der Waals surface area (Å²) in [6, 6.07) is 7.00. The van der Waals surface area contributed by atoms with Crippen LogP contribution >= 0.6 is 23.4 Å². The predicted molar refractivity (Wildman–Crippen MR) is 104 cm³/mol. The Hall–Kier alpha value is -1.99. The third-order valence-corrected chi connectivity index (χ3v) is 4.88. The van der Waals surface area contributed by atoms with E-state index in [1.807, 2.05) is 39.0 Å². The molecular weight excluding hydrogens is 372 g/mol. The smallest absolute Gasteiger partial charge is 0.338 e. The fourth-order valence-corrected chi connectivity index (χ4v) is 3.60. The van der Waals surface area contributed by atoms with Crippen LogP contribution in [0.2, 0.25) is 5.02 Å². The van der Waals surface area contributed by atoms with E-state index in [1.165, 1.54) is 0 Å². The Morgan fingerprint density at radius 2 is 2.23 bits per heavy atom. The maximum atomic E-state index is 12.8. The van der Waals surface area contributed by atoms with Gasteiger partial charge in [0.1, 0.15) is 6.04 Å². The number of halogens is 1. The average Bonchev–Trinajstić information content (AvgIpc) is 3.00. The summed E-state index contributed by atoms with van der Waals surface area (Å²) in [4.78, 5) is 17.3. The van der Waals surface area contributed by atoms with Crippen LogP contribution in [0.15, 0.2) is 40.7 Å². The number of esters is 1. The third kappa shape index (κ3) is 3.73. The molecule has 8 heteroatoms. The minimum absolute atomic E-state index is 0.354. The SMILES string of the molecule is CCCOC(=O)C1=C(C)Nc2nc(SCC)nn2C1c1cccc(Cl)c1. The molecule has 2 heterocycles. The van der Waals surface area contributed by atoms with Gasteiger partial charge >= 0.3 is 5.97 Å². The number of hydrogen-bond acceptors (Lipinski definition) is 6. The zero-order valence-corrected chi connectivity index (χ0v) is 16.5. The van der Waals surface area contributed by atoms with E-state index in [0.29, 0.717) is 34.0 Å². The molecule has 1 aliphatic heterocycles. The Morgan fingerprint density at radius 3 is 2.92 bits per heavy atom. The Labute approximate surface area is 162 Å². The highest BCUT2D eigenvalue weighted by molar-refractivity contribution is 7.99. The number of anilines is 1. The average molecular weight is 393 g/mol. The number of benzene rings is 1. The maximum Gasteiger partial charge on any atom is 0.338 e. The first kappa shape index (κ1) is 18.8. The van der Waals surface area contributed by atoms with Gasteiger partial charge < -0.3 is 10.1 Å². The fraction of sp³-hybridized carbons (Fsp3) is 0.389. The van der Waals surface area contributed by atoms with Crippen molar-refractivity contribution < 1.29 is 9.53 Å². The largest absolute Gasteiger partial charge is 0.462 e. The molecule has 1 unspecified atom stereocenters. The second-order valence-corrected chi connectivity index (χ2v) is 7.52. The quantitative estimate of drug-likeness (QED) is 0.584. The molecule has 1 atom stereocenters. The molecule has 1 aliphatic rings. The number of fused-ring (bicyclic) bond motifs is 1. The van der Waals surface area contributed by atoms with Crippen molar-refractivity contribution in [3.05, 3.63) is 46.1 Å². The van der Waals surface area contributed by atoms with Crippen LogP contribution < -0.4 is 5.32 Å². The molecule has 2 aromatic rings. The van der Waals surface area contributed by atoms with Gasteiger partial charge in [0.05, 0.1) is 12.2 Å². The van der Waals surface area contributed by atoms with Crippen molar-refractivity contribution in [2.45, 2.75) is 38.4 Å². The number of hydrogen-bond donors (Lipinski definition) is 1. The van der Waals surface area contributed by atoms with E-state index >= 15 is 0 Å². The summed E-state index contributed by atoms with van der Waals surface area (Å²) in [6.45, 7) is 6.24. The van der Waals surface area contributed by atoms with Crippen molar-refractivity contribution in [1.82, 2.24) is 14.8 Å². The number of carbonyl (C=O) groups is 1. The number of ether oxygens (including phenoxy) is 1. The predicted octanol–water partition coefficient (Wildman–Crippen LogP) is 4.29. The lowest BCUT2D eigenvalue weighted by atomic mass is 9.96. The summed E-state index contributed by atoms with van der Waals surface area (Å²) in [5, 5.41) is 9.05. The summed E-state index contributed by atoms with van der Waals surface area (Å²) >= 11 is 7.75. The van der Waals surface area contributed by atoms with Crippen molar-refractivity contribution in [1.29, 1.82) is 0 Å². The molecule has 0 radical (unpaired) electrons. The molecule has 26 heavy (non-hydrogen) atoms. The van der Waals surface area contributed by atoms with Crippen molar-refractivity contribution in [3.63, 3.8) is 0 Å². The van der Waals surface area contributed by atoms with Gasteiger partial charge in [-0.3, -0.25) is 0 Å². The van der Waals surface area contributed by atoms with E-state index in [4.69, 9.17) is 16.3 Å². The zero-order valence-electron chi connectivity index (χ0n) is 15.0. The van der Waals surface area contributed by atoms with Gasteiger partial charge in [0.15, 0.2) is 0 Å². The van der Waals surface area contributed by atoms with Gasteiger partial charge in [-0.25, -0.2) is 9.48 Å². The Balaban J connectivity index is 2.10. The summed E-state index contributed by atoms with van der Waals surface area (Å²) in [5.74, 6) is 1.12. The standard InChI is InChI=1S/C18H21ClN4O2S/c1-4-9-25-16(24)14-11(3)20-17-21-18(26-5-2)22-23(17)15(14)12-7-6-8-13(19)10-12/h6-8,10,15H,4-5,9H2,1-3H3,(H,20,21,22). The Morgan fingerprint density at radius 1 is 1.42 bits per heavy atom. The lowest BCUT2D eigenvalue weighted by molar-refractivity contribution is -0.139. The van der Waals surface area contributed by atoms with Crippen LogP contribution in [0.25, 0.3) is 0 Å². The second-order valence-electron chi connectivity index (χ2n) is 5.85. The molecule has 0 saturated carbocycles. The molecule has 1 N–H and O–H groups in total. The first-order valence-corrected chi connectivity index (χ1v) is 9.91. The molecule has 3 rings (SSSR count). The minimum Gasteiger partial charge on any atom is -0.462 e. The molecule has 6 nitrogen and oxygen atoms in total.